The Bertz CT molecular complexity index is 1310. The van der Waals surface area contributed by atoms with Gasteiger partial charge in [-0.15, -0.1) is 0 Å². The maximum atomic E-state index is 13.8. The third-order valence-electron chi connectivity index (χ3n) is 6.27. The van der Waals surface area contributed by atoms with Gasteiger partial charge in [-0.3, -0.25) is 0 Å². The molecule has 0 fully saturated rings. The van der Waals surface area contributed by atoms with Crippen LogP contribution >= 0.6 is 0 Å². The largest absolute Gasteiger partial charge is 0.207 e. The first-order valence-electron chi connectivity index (χ1n) is 12.2. The van der Waals surface area contributed by atoms with Crippen LogP contribution in [0.5, 0.6) is 0 Å². The van der Waals surface area contributed by atoms with Crippen molar-refractivity contribution in [2.45, 2.75) is 6.04 Å². The van der Waals surface area contributed by atoms with Gasteiger partial charge < -0.3 is 0 Å². The molecule has 0 amide bonds. The van der Waals surface area contributed by atoms with E-state index < -0.39 is 17.6 Å². The van der Waals surface area contributed by atoms with Gasteiger partial charge in [-0.25, -0.2) is 4.39 Å². The number of hydrogen-bond donors (Lipinski definition) is 0. The van der Waals surface area contributed by atoms with Crippen LogP contribution < -0.4 is 20.7 Å². The third-order valence-corrected chi connectivity index (χ3v) is 12.2. The quantitative estimate of drug-likeness (QED) is 0.253. The Kier molecular flexibility index (Phi) is 7.81. The van der Waals surface area contributed by atoms with Crippen LogP contribution in [0, 0.1) is 5.82 Å². The van der Waals surface area contributed by atoms with Crippen LogP contribution in [0.2, 0.25) is 6.04 Å². The molecule has 36 heavy (non-hydrogen) atoms. The zero-order chi connectivity index (χ0) is 24.6. The van der Waals surface area contributed by atoms with Gasteiger partial charge in [0.2, 0.25) is 0 Å². The fourth-order valence-electron chi connectivity index (χ4n) is 4.56. The molecule has 0 nitrogen and oxygen atoms in total. The van der Waals surface area contributed by atoms with Crippen molar-refractivity contribution < 1.29 is 4.39 Å². The molecular formula is C33H27FSi2. The SMILES string of the molecule is Fc1ccc(C=C(C[Si](c2ccccc2)c2ccccc2)[Si](c2ccccc2)c2ccccc2)cc1. The number of rotatable bonds is 8. The third kappa shape index (κ3) is 5.88. The van der Waals surface area contributed by atoms with Gasteiger partial charge in [0.15, 0.2) is 0 Å². The minimum atomic E-state index is -1.26. The minimum Gasteiger partial charge on any atom is -0.207 e. The highest BCUT2D eigenvalue weighted by atomic mass is 28.3. The Morgan fingerprint density at radius 3 is 1.31 bits per heavy atom. The number of hydrogen-bond acceptors (Lipinski definition) is 0. The van der Waals surface area contributed by atoms with Crippen molar-refractivity contribution in [1.82, 2.24) is 0 Å². The highest BCUT2D eigenvalue weighted by Crippen LogP contribution is 2.18. The van der Waals surface area contributed by atoms with Gasteiger partial charge in [-0.1, -0.05) is 165 Å². The molecule has 0 aromatic heterocycles. The van der Waals surface area contributed by atoms with E-state index in [4.69, 9.17) is 0 Å². The van der Waals surface area contributed by atoms with Crippen molar-refractivity contribution in [3.8, 4) is 0 Å². The normalized spacial score (nSPS) is 11.7. The molecule has 0 aliphatic heterocycles. The monoisotopic (exact) mass is 498 g/mol. The maximum Gasteiger partial charge on any atom is 0.150 e. The molecule has 0 bridgehead atoms. The van der Waals surface area contributed by atoms with Crippen molar-refractivity contribution in [3.05, 3.63) is 162 Å². The summed E-state index contributed by atoms with van der Waals surface area (Å²) in [7, 11) is -2.36. The summed E-state index contributed by atoms with van der Waals surface area (Å²) >= 11 is 0. The summed E-state index contributed by atoms with van der Waals surface area (Å²) in [5, 5.41) is 6.97. The molecule has 0 saturated heterocycles. The molecule has 0 heterocycles. The number of benzene rings is 5. The molecule has 5 aromatic rings. The van der Waals surface area contributed by atoms with Crippen LogP contribution in [0.4, 0.5) is 4.39 Å². The van der Waals surface area contributed by atoms with Gasteiger partial charge in [0, 0.05) is 0 Å². The molecule has 2 radical (unpaired) electrons. The molecule has 3 heteroatoms. The lowest BCUT2D eigenvalue weighted by atomic mass is 10.2. The van der Waals surface area contributed by atoms with Crippen molar-refractivity contribution in [1.29, 1.82) is 0 Å². The molecule has 0 N–H and O–H groups in total. The van der Waals surface area contributed by atoms with Gasteiger partial charge in [-0.05, 0) is 23.7 Å². The number of allylic oxidation sites excluding steroid dienone is 1. The minimum absolute atomic E-state index is 0.205. The predicted octanol–water partition coefficient (Wildman–Crippen LogP) is 5.37. The van der Waals surface area contributed by atoms with Crippen LogP contribution in [-0.4, -0.2) is 17.6 Å². The molecular weight excluding hydrogens is 472 g/mol. The standard InChI is InChI=1S/C33H27FSi2/c34-28-23-21-27(22-24-28)25-33(36(31-17-9-3-10-18-31)32-19-11-4-12-20-32)26-35(29-13-5-1-6-14-29)30-15-7-2-8-16-30/h1-25H,26H2. The van der Waals surface area contributed by atoms with E-state index in [0.717, 1.165) is 11.6 Å². The zero-order valence-corrected chi connectivity index (χ0v) is 22.0. The van der Waals surface area contributed by atoms with Crippen LogP contribution in [0.15, 0.2) is 151 Å². The topological polar surface area (TPSA) is 0 Å². The van der Waals surface area contributed by atoms with Crippen LogP contribution in [0.25, 0.3) is 6.08 Å². The van der Waals surface area contributed by atoms with E-state index >= 15 is 0 Å². The van der Waals surface area contributed by atoms with E-state index in [2.05, 4.69) is 127 Å². The van der Waals surface area contributed by atoms with E-state index in [-0.39, 0.29) is 5.82 Å². The summed E-state index contributed by atoms with van der Waals surface area (Å²) < 4.78 is 13.8. The summed E-state index contributed by atoms with van der Waals surface area (Å²) in [5.41, 5.74) is 1.04. The summed E-state index contributed by atoms with van der Waals surface area (Å²) in [6, 6.07) is 51.5. The van der Waals surface area contributed by atoms with E-state index in [0.29, 0.717) is 0 Å². The second-order valence-electron chi connectivity index (χ2n) is 8.72. The molecule has 0 saturated carbocycles. The van der Waals surface area contributed by atoms with E-state index in [1.165, 1.54) is 25.9 Å². The van der Waals surface area contributed by atoms with Crippen LogP contribution in [0.3, 0.4) is 0 Å². The second kappa shape index (κ2) is 11.8. The van der Waals surface area contributed by atoms with E-state index in [1.54, 1.807) is 12.1 Å². The van der Waals surface area contributed by atoms with E-state index in [1.807, 2.05) is 12.1 Å². The summed E-state index contributed by atoms with van der Waals surface area (Å²) in [4.78, 5) is 0. The maximum absolute atomic E-state index is 13.8. The summed E-state index contributed by atoms with van der Waals surface area (Å²) in [5.74, 6) is -0.205. The highest BCUT2D eigenvalue weighted by molar-refractivity contribution is 6.94. The first-order chi connectivity index (χ1) is 17.8. The highest BCUT2D eigenvalue weighted by Gasteiger charge is 2.27. The van der Waals surface area contributed by atoms with Gasteiger partial charge in [0.05, 0.1) is 0 Å². The Labute approximate surface area is 216 Å². The molecule has 0 spiro atoms. The van der Waals surface area contributed by atoms with Gasteiger partial charge in [0.1, 0.15) is 23.4 Å². The summed E-state index contributed by atoms with van der Waals surface area (Å²) in [6.45, 7) is 0. The summed E-state index contributed by atoms with van der Waals surface area (Å²) in [6.07, 6.45) is 2.32. The Hall–Kier alpha value is -3.80. The molecule has 0 aliphatic carbocycles. The second-order valence-corrected chi connectivity index (χ2v) is 13.7. The average Bonchev–Trinajstić information content (AvgIpc) is 2.95. The van der Waals surface area contributed by atoms with Crippen molar-refractivity contribution in [2.24, 2.45) is 0 Å². The fraction of sp³-hybridized carbons (Fsp3) is 0.0303. The Morgan fingerprint density at radius 1 is 0.500 bits per heavy atom. The molecule has 0 unspecified atom stereocenters. The van der Waals surface area contributed by atoms with Crippen molar-refractivity contribution in [3.63, 3.8) is 0 Å². The lowest BCUT2D eigenvalue weighted by Gasteiger charge is -2.24. The molecule has 0 aliphatic rings. The smallest absolute Gasteiger partial charge is 0.150 e. The van der Waals surface area contributed by atoms with E-state index in [9.17, 15) is 4.39 Å². The lowest BCUT2D eigenvalue weighted by Crippen LogP contribution is -2.48. The predicted molar refractivity (Wildman–Crippen MR) is 155 cm³/mol. The molecule has 5 rings (SSSR count). The van der Waals surface area contributed by atoms with Gasteiger partial charge >= 0.3 is 0 Å². The number of halogens is 1. The van der Waals surface area contributed by atoms with Crippen molar-refractivity contribution >= 4 is 44.4 Å². The fourth-order valence-corrected chi connectivity index (χ4v) is 10.6. The Balaban J connectivity index is 1.68. The molecule has 5 aromatic carbocycles. The van der Waals surface area contributed by atoms with Gasteiger partial charge in [-0.2, -0.15) is 0 Å². The van der Waals surface area contributed by atoms with Crippen LogP contribution in [0.1, 0.15) is 5.56 Å². The van der Waals surface area contributed by atoms with Crippen LogP contribution in [-0.2, 0) is 0 Å². The molecule has 0 atom stereocenters. The first kappa shape index (κ1) is 23.9. The lowest BCUT2D eigenvalue weighted by molar-refractivity contribution is 0.628. The zero-order valence-electron chi connectivity index (χ0n) is 20.0. The van der Waals surface area contributed by atoms with Crippen molar-refractivity contribution in [2.75, 3.05) is 0 Å². The van der Waals surface area contributed by atoms with Gasteiger partial charge in [0.25, 0.3) is 0 Å². The molecule has 174 valence electrons. The Morgan fingerprint density at radius 2 is 0.889 bits per heavy atom. The average molecular weight is 499 g/mol. The first-order valence-corrected chi connectivity index (χ1v) is 15.4.